The minimum Gasteiger partial charge on any atom is -0.354 e. The van der Waals surface area contributed by atoms with Gasteiger partial charge in [-0.3, -0.25) is 13.9 Å². The van der Waals surface area contributed by atoms with Crippen LogP contribution in [-0.4, -0.2) is 50.5 Å². The molecule has 7 nitrogen and oxygen atoms in total. The van der Waals surface area contributed by atoms with Gasteiger partial charge in [-0.25, -0.2) is 8.42 Å². The van der Waals surface area contributed by atoms with Gasteiger partial charge in [-0.1, -0.05) is 77.5 Å². The zero-order valence-corrected chi connectivity index (χ0v) is 25.3. The van der Waals surface area contributed by atoms with Gasteiger partial charge in [0.15, 0.2) is 0 Å². The van der Waals surface area contributed by atoms with Crippen molar-refractivity contribution in [2.24, 2.45) is 0 Å². The van der Waals surface area contributed by atoms with Crippen LogP contribution >= 0.6 is 15.9 Å². The summed E-state index contributed by atoms with van der Waals surface area (Å²) in [5, 5.41) is 2.94. The van der Waals surface area contributed by atoms with E-state index in [2.05, 4.69) is 21.2 Å². The molecule has 0 aliphatic carbocycles. The molecule has 208 valence electrons. The average molecular weight is 615 g/mol. The predicted octanol–water partition coefficient (Wildman–Crippen LogP) is 5.00. The molecular weight excluding hydrogens is 578 g/mol. The van der Waals surface area contributed by atoms with Crippen molar-refractivity contribution in [3.63, 3.8) is 0 Å². The van der Waals surface area contributed by atoms with Crippen molar-refractivity contribution in [2.45, 2.75) is 46.2 Å². The number of halogens is 1. The van der Waals surface area contributed by atoms with Crippen LogP contribution in [0.3, 0.4) is 0 Å². The Balaban J connectivity index is 2.06. The Morgan fingerprint density at radius 3 is 2.23 bits per heavy atom. The topological polar surface area (TPSA) is 86.8 Å². The van der Waals surface area contributed by atoms with Gasteiger partial charge in [-0.15, -0.1) is 0 Å². The summed E-state index contributed by atoms with van der Waals surface area (Å²) >= 11 is 3.44. The molecular formula is C30H36BrN3O4S. The summed E-state index contributed by atoms with van der Waals surface area (Å²) in [7, 11) is -3.80. The third-order valence-corrected chi connectivity index (χ3v) is 8.05. The molecule has 0 spiro atoms. The van der Waals surface area contributed by atoms with Gasteiger partial charge >= 0.3 is 0 Å². The number of anilines is 1. The molecule has 0 radical (unpaired) electrons. The molecule has 3 aromatic rings. The van der Waals surface area contributed by atoms with Crippen LogP contribution in [0.5, 0.6) is 0 Å². The maximum absolute atomic E-state index is 14.1. The first-order valence-corrected chi connectivity index (χ1v) is 15.5. The molecule has 39 heavy (non-hydrogen) atoms. The molecule has 3 aromatic carbocycles. The second kappa shape index (κ2) is 13.8. The van der Waals surface area contributed by atoms with E-state index in [-0.39, 0.29) is 12.5 Å². The van der Waals surface area contributed by atoms with Crippen LogP contribution < -0.4 is 9.62 Å². The van der Waals surface area contributed by atoms with E-state index in [0.717, 1.165) is 43.7 Å². The maximum atomic E-state index is 14.1. The van der Waals surface area contributed by atoms with Crippen molar-refractivity contribution in [1.82, 2.24) is 10.2 Å². The first kappa shape index (κ1) is 30.4. The van der Waals surface area contributed by atoms with Gasteiger partial charge in [0.1, 0.15) is 12.6 Å². The number of carbonyl (C=O) groups excluding carboxylic acids is 2. The Labute approximate surface area is 240 Å². The van der Waals surface area contributed by atoms with Crippen LogP contribution in [-0.2, 0) is 32.6 Å². The van der Waals surface area contributed by atoms with Gasteiger partial charge in [0.05, 0.1) is 11.9 Å². The molecule has 0 bridgehead atoms. The highest BCUT2D eigenvalue weighted by molar-refractivity contribution is 9.10. The third kappa shape index (κ3) is 8.66. The number of rotatable bonds is 12. The molecule has 2 amide bonds. The van der Waals surface area contributed by atoms with Crippen molar-refractivity contribution in [3.8, 4) is 0 Å². The van der Waals surface area contributed by atoms with Gasteiger partial charge in [-0.05, 0) is 60.7 Å². The number of amides is 2. The predicted molar refractivity (Wildman–Crippen MR) is 160 cm³/mol. The first-order valence-electron chi connectivity index (χ1n) is 12.9. The Morgan fingerprint density at radius 2 is 1.62 bits per heavy atom. The van der Waals surface area contributed by atoms with Gasteiger partial charge in [0, 0.05) is 24.0 Å². The lowest BCUT2D eigenvalue weighted by Crippen LogP contribution is -2.53. The van der Waals surface area contributed by atoms with Crippen molar-refractivity contribution in [3.05, 3.63) is 99.5 Å². The minimum atomic E-state index is -3.80. The fourth-order valence-corrected chi connectivity index (χ4v) is 5.45. The third-order valence-electron chi connectivity index (χ3n) is 6.40. The largest absolute Gasteiger partial charge is 0.354 e. The molecule has 3 rings (SSSR count). The van der Waals surface area contributed by atoms with E-state index >= 15 is 0 Å². The molecule has 0 saturated heterocycles. The summed E-state index contributed by atoms with van der Waals surface area (Å²) < 4.78 is 27.9. The second-order valence-electron chi connectivity index (χ2n) is 9.70. The van der Waals surface area contributed by atoms with E-state index in [9.17, 15) is 18.0 Å². The van der Waals surface area contributed by atoms with Crippen LogP contribution in [0.4, 0.5) is 5.69 Å². The number of carbonyl (C=O) groups is 2. The fraction of sp³-hybridized carbons (Fsp3) is 0.333. The zero-order chi connectivity index (χ0) is 28.6. The quantitative estimate of drug-likeness (QED) is 0.311. The average Bonchev–Trinajstić information content (AvgIpc) is 2.90. The number of aryl methyl sites for hydroxylation is 2. The zero-order valence-electron chi connectivity index (χ0n) is 22.9. The van der Waals surface area contributed by atoms with Crippen molar-refractivity contribution in [1.29, 1.82) is 0 Å². The Kier molecular flexibility index (Phi) is 10.7. The summed E-state index contributed by atoms with van der Waals surface area (Å²) in [6.07, 6.45) is 2.14. The molecule has 0 aliphatic heterocycles. The molecule has 0 aliphatic rings. The Hall–Kier alpha value is -3.17. The lowest BCUT2D eigenvalue weighted by molar-refractivity contribution is -0.140. The number of hydrogen-bond donors (Lipinski definition) is 1. The number of benzene rings is 3. The maximum Gasteiger partial charge on any atom is 0.244 e. The highest BCUT2D eigenvalue weighted by Crippen LogP contribution is 2.25. The van der Waals surface area contributed by atoms with E-state index in [1.54, 1.807) is 6.07 Å². The van der Waals surface area contributed by atoms with E-state index in [1.807, 2.05) is 87.5 Å². The second-order valence-corrected chi connectivity index (χ2v) is 12.5. The smallest absolute Gasteiger partial charge is 0.244 e. The first-order chi connectivity index (χ1) is 18.5. The van der Waals surface area contributed by atoms with Crippen molar-refractivity contribution in [2.75, 3.05) is 23.7 Å². The normalized spacial score (nSPS) is 12.0. The molecule has 0 unspecified atom stereocenters. The van der Waals surface area contributed by atoms with Crippen molar-refractivity contribution >= 4 is 43.5 Å². The standard InChI is InChI=1S/C30H36BrN3O4S/c1-5-17-32-30(36)28(19-24-9-7-6-8-10-24)33(20-25-13-15-26(31)16-14-25)29(35)21-34(39(4,37)38)27-18-22(2)11-12-23(27)3/h6-16,18,28H,5,17,19-21H2,1-4H3,(H,32,36)/t28-/m0/s1. The number of nitrogens with zero attached hydrogens (tertiary/aromatic N) is 2. The molecule has 0 saturated carbocycles. The van der Waals surface area contributed by atoms with Crippen LogP contribution in [0.15, 0.2) is 77.3 Å². The van der Waals surface area contributed by atoms with Gasteiger partial charge in [-0.2, -0.15) is 0 Å². The lowest BCUT2D eigenvalue weighted by atomic mass is 10.0. The highest BCUT2D eigenvalue weighted by Gasteiger charge is 2.33. The fourth-order valence-electron chi connectivity index (χ4n) is 4.29. The Bertz CT molecular complexity index is 1380. The molecule has 0 fully saturated rings. The van der Waals surface area contributed by atoms with E-state index in [4.69, 9.17) is 0 Å². The summed E-state index contributed by atoms with van der Waals surface area (Å²) in [6.45, 7) is 5.85. The summed E-state index contributed by atoms with van der Waals surface area (Å²) in [5.41, 5.74) is 3.79. The Morgan fingerprint density at radius 1 is 0.949 bits per heavy atom. The van der Waals surface area contributed by atoms with Crippen molar-refractivity contribution < 1.29 is 18.0 Å². The summed E-state index contributed by atoms with van der Waals surface area (Å²) in [6, 6.07) is 21.7. The number of sulfonamides is 1. The van der Waals surface area contributed by atoms with Gasteiger partial charge < -0.3 is 10.2 Å². The summed E-state index contributed by atoms with van der Waals surface area (Å²) in [5.74, 6) is -0.736. The summed E-state index contributed by atoms with van der Waals surface area (Å²) in [4.78, 5) is 29.1. The van der Waals surface area contributed by atoms with Crippen LogP contribution in [0.1, 0.15) is 35.6 Å². The van der Waals surface area contributed by atoms with E-state index in [1.165, 1.54) is 4.90 Å². The van der Waals surface area contributed by atoms with E-state index < -0.39 is 28.5 Å². The van der Waals surface area contributed by atoms with Crippen LogP contribution in [0.2, 0.25) is 0 Å². The SMILES string of the molecule is CCCNC(=O)[C@H](Cc1ccccc1)N(Cc1ccc(Br)cc1)C(=O)CN(c1cc(C)ccc1C)S(C)(=O)=O. The highest BCUT2D eigenvalue weighted by atomic mass is 79.9. The minimum absolute atomic E-state index is 0.146. The van der Waals surface area contributed by atoms with Crippen LogP contribution in [0.25, 0.3) is 0 Å². The molecule has 0 aromatic heterocycles. The van der Waals surface area contributed by atoms with Crippen LogP contribution in [0, 0.1) is 13.8 Å². The lowest BCUT2D eigenvalue weighted by Gasteiger charge is -2.34. The molecule has 1 N–H and O–H groups in total. The van der Waals surface area contributed by atoms with Gasteiger partial charge in [0.25, 0.3) is 0 Å². The molecule has 0 heterocycles. The van der Waals surface area contributed by atoms with Gasteiger partial charge in [0.2, 0.25) is 21.8 Å². The number of nitrogens with one attached hydrogen (secondary N) is 1. The molecule has 9 heteroatoms. The number of hydrogen-bond acceptors (Lipinski definition) is 4. The van der Waals surface area contributed by atoms with E-state index in [0.29, 0.717) is 18.7 Å². The molecule has 1 atom stereocenters. The monoisotopic (exact) mass is 613 g/mol.